The van der Waals surface area contributed by atoms with Crippen LogP contribution in [0, 0.1) is 12.7 Å². The number of benzene rings is 1. The van der Waals surface area contributed by atoms with Crippen molar-refractivity contribution in [1.29, 1.82) is 0 Å². The number of nitrogens with zero attached hydrogens (tertiary/aromatic N) is 1. The summed E-state index contributed by atoms with van der Waals surface area (Å²) in [6, 6.07) is 5.59. The van der Waals surface area contributed by atoms with Gasteiger partial charge in [-0.1, -0.05) is 12.1 Å². The van der Waals surface area contributed by atoms with Crippen LogP contribution in [-0.2, 0) is 0 Å². The van der Waals surface area contributed by atoms with Crippen molar-refractivity contribution in [2.24, 2.45) is 0 Å². The lowest BCUT2D eigenvalue weighted by molar-refractivity contribution is 0.175. The molecule has 1 aromatic carbocycles. The molecule has 3 nitrogen and oxygen atoms in total. The Bertz CT molecular complexity index is 425. The van der Waals surface area contributed by atoms with Gasteiger partial charge < -0.3 is 15.3 Å². The molecule has 0 bridgehead atoms. The van der Waals surface area contributed by atoms with E-state index < -0.39 is 0 Å². The molecule has 2 N–H and O–H groups in total. The molecule has 2 unspecified atom stereocenters. The zero-order chi connectivity index (χ0) is 13.8. The Balaban J connectivity index is 1.93. The second-order valence-corrected chi connectivity index (χ2v) is 5.38. The lowest BCUT2D eigenvalue weighted by Gasteiger charge is -2.21. The van der Waals surface area contributed by atoms with Gasteiger partial charge in [0, 0.05) is 25.7 Å². The Morgan fingerprint density at radius 2 is 2.32 bits per heavy atom. The molecule has 0 saturated carbocycles. The summed E-state index contributed by atoms with van der Waals surface area (Å²) in [6.45, 7) is 4.43. The van der Waals surface area contributed by atoms with Crippen LogP contribution in [-0.4, -0.2) is 42.8 Å². The van der Waals surface area contributed by atoms with Crippen molar-refractivity contribution in [2.75, 3.05) is 26.7 Å². The van der Waals surface area contributed by atoms with Gasteiger partial charge in [0.25, 0.3) is 0 Å². The van der Waals surface area contributed by atoms with Crippen LogP contribution in [0.2, 0.25) is 0 Å². The second kappa shape index (κ2) is 6.46. The minimum atomic E-state index is -0.176. The average Bonchev–Trinajstić information content (AvgIpc) is 2.80. The highest BCUT2D eigenvalue weighted by molar-refractivity contribution is 5.25. The van der Waals surface area contributed by atoms with E-state index in [1.807, 2.05) is 19.2 Å². The Kier molecular flexibility index (Phi) is 4.91. The Labute approximate surface area is 114 Å². The number of halogens is 1. The second-order valence-electron chi connectivity index (χ2n) is 5.38. The van der Waals surface area contributed by atoms with Gasteiger partial charge in [-0.15, -0.1) is 0 Å². The van der Waals surface area contributed by atoms with Gasteiger partial charge in [0.2, 0.25) is 0 Å². The summed E-state index contributed by atoms with van der Waals surface area (Å²) in [7, 11) is 1.90. The lowest BCUT2D eigenvalue weighted by atomic mass is 10.0. The van der Waals surface area contributed by atoms with E-state index in [0.717, 1.165) is 38.0 Å². The van der Waals surface area contributed by atoms with Crippen molar-refractivity contribution in [3.05, 3.63) is 35.1 Å². The fraction of sp³-hybridized carbons (Fsp3) is 0.600. The van der Waals surface area contributed by atoms with E-state index in [9.17, 15) is 9.50 Å². The average molecular weight is 266 g/mol. The Morgan fingerprint density at radius 1 is 1.53 bits per heavy atom. The predicted molar refractivity (Wildman–Crippen MR) is 74.6 cm³/mol. The maximum absolute atomic E-state index is 13.6. The van der Waals surface area contributed by atoms with Crippen LogP contribution < -0.4 is 5.32 Å². The van der Waals surface area contributed by atoms with Crippen molar-refractivity contribution < 1.29 is 9.50 Å². The molecule has 2 atom stereocenters. The SMILES string of the molecule is CNC(CCN1CCC(O)C1)c1ccc(C)c(F)c1. The summed E-state index contributed by atoms with van der Waals surface area (Å²) in [6.07, 6.45) is 1.61. The third kappa shape index (κ3) is 3.75. The van der Waals surface area contributed by atoms with Gasteiger partial charge in [0.1, 0.15) is 5.82 Å². The summed E-state index contributed by atoms with van der Waals surface area (Å²) in [5.74, 6) is -0.144. The smallest absolute Gasteiger partial charge is 0.126 e. The first kappa shape index (κ1) is 14.4. The first-order valence-corrected chi connectivity index (χ1v) is 6.94. The topological polar surface area (TPSA) is 35.5 Å². The van der Waals surface area contributed by atoms with E-state index in [1.54, 1.807) is 13.0 Å². The number of nitrogens with one attached hydrogen (secondary N) is 1. The normalized spacial score (nSPS) is 21.8. The maximum atomic E-state index is 13.6. The molecule has 1 fully saturated rings. The molecule has 0 aromatic heterocycles. The largest absolute Gasteiger partial charge is 0.392 e. The number of rotatable bonds is 5. The van der Waals surface area contributed by atoms with Gasteiger partial charge in [-0.25, -0.2) is 4.39 Å². The molecule has 1 aliphatic rings. The minimum absolute atomic E-state index is 0.144. The van der Waals surface area contributed by atoms with Crippen LogP contribution in [0.5, 0.6) is 0 Å². The van der Waals surface area contributed by atoms with E-state index in [4.69, 9.17) is 0 Å². The lowest BCUT2D eigenvalue weighted by Crippen LogP contribution is -2.27. The summed E-state index contributed by atoms with van der Waals surface area (Å²) >= 11 is 0. The zero-order valence-electron chi connectivity index (χ0n) is 11.7. The number of hydrogen-bond donors (Lipinski definition) is 2. The van der Waals surface area contributed by atoms with Gasteiger partial charge >= 0.3 is 0 Å². The van der Waals surface area contributed by atoms with Crippen LogP contribution in [0.25, 0.3) is 0 Å². The molecular weight excluding hydrogens is 243 g/mol. The summed E-state index contributed by atoms with van der Waals surface area (Å²) in [4.78, 5) is 2.26. The van der Waals surface area contributed by atoms with E-state index in [-0.39, 0.29) is 18.0 Å². The highest BCUT2D eigenvalue weighted by atomic mass is 19.1. The third-order valence-electron chi connectivity index (χ3n) is 3.93. The minimum Gasteiger partial charge on any atom is -0.392 e. The molecule has 1 aliphatic heterocycles. The highest BCUT2D eigenvalue weighted by Gasteiger charge is 2.21. The molecule has 0 spiro atoms. The molecule has 19 heavy (non-hydrogen) atoms. The number of β-amino-alcohol motifs (C(OH)–C–C–N with tert-alkyl or cyclic N) is 1. The van der Waals surface area contributed by atoms with Gasteiger partial charge in [0.15, 0.2) is 0 Å². The van der Waals surface area contributed by atoms with Crippen LogP contribution in [0.1, 0.15) is 30.0 Å². The van der Waals surface area contributed by atoms with Crippen LogP contribution >= 0.6 is 0 Å². The molecule has 4 heteroatoms. The van der Waals surface area contributed by atoms with E-state index in [2.05, 4.69) is 10.2 Å². The summed E-state index contributed by atoms with van der Waals surface area (Å²) in [5.41, 5.74) is 1.67. The predicted octanol–water partition coefficient (Wildman–Crippen LogP) is 1.85. The van der Waals surface area contributed by atoms with Crippen molar-refractivity contribution in [3.8, 4) is 0 Å². The Hall–Kier alpha value is -0.970. The van der Waals surface area contributed by atoms with Crippen LogP contribution in [0.3, 0.4) is 0 Å². The van der Waals surface area contributed by atoms with Crippen molar-refractivity contribution in [1.82, 2.24) is 10.2 Å². The molecule has 1 aromatic rings. The van der Waals surface area contributed by atoms with Gasteiger partial charge in [0.05, 0.1) is 6.10 Å². The monoisotopic (exact) mass is 266 g/mol. The number of hydrogen-bond acceptors (Lipinski definition) is 3. The fourth-order valence-electron chi connectivity index (χ4n) is 2.63. The summed E-state index contributed by atoms with van der Waals surface area (Å²) in [5, 5.41) is 12.7. The highest BCUT2D eigenvalue weighted by Crippen LogP contribution is 2.20. The number of aryl methyl sites for hydroxylation is 1. The van der Waals surface area contributed by atoms with Crippen LogP contribution in [0.4, 0.5) is 4.39 Å². The van der Waals surface area contributed by atoms with Crippen LogP contribution in [0.15, 0.2) is 18.2 Å². The molecule has 106 valence electrons. The van der Waals surface area contributed by atoms with Gasteiger partial charge in [-0.2, -0.15) is 0 Å². The van der Waals surface area contributed by atoms with E-state index in [0.29, 0.717) is 5.56 Å². The van der Waals surface area contributed by atoms with E-state index in [1.165, 1.54) is 0 Å². The number of likely N-dealkylation sites (tertiary alicyclic amines) is 1. The molecule has 0 radical (unpaired) electrons. The first-order valence-electron chi connectivity index (χ1n) is 6.94. The molecule has 0 aliphatic carbocycles. The van der Waals surface area contributed by atoms with E-state index >= 15 is 0 Å². The zero-order valence-corrected chi connectivity index (χ0v) is 11.7. The van der Waals surface area contributed by atoms with Gasteiger partial charge in [-0.05, 0) is 44.0 Å². The fourth-order valence-corrected chi connectivity index (χ4v) is 2.63. The third-order valence-corrected chi connectivity index (χ3v) is 3.93. The molecule has 1 heterocycles. The Morgan fingerprint density at radius 3 is 2.89 bits per heavy atom. The molecular formula is C15H23FN2O. The summed E-state index contributed by atoms with van der Waals surface area (Å²) < 4.78 is 13.6. The molecule has 1 saturated heterocycles. The molecule has 2 rings (SSSR count). The van der Waals surface area contributed by atoms with Gasteiger partial charge in [-0.3, -0.25) is 0 Å². The quantitative estimate of drug-likeness (QED) is 0.854. The van der Waals surface area contributed by atoms with Crippen molar-refractivity contribution >= 4 is 0 Å². The van der Waals surface area contributed by atoms with Crippen molar-refractivity contribution in [3.63, 3.8) is 0 Å². The van der Waals surface area contributed by atoms with Crippen molar-refractivity contribution in [2.45, 2.75) is 31.9 Å². The number of aliphatic hydroxyl groups excluding tert-OH is 1. The number of aliphatic hydroxyl groups is 1. The standard InChI is InChI=1S/C15H23FN2O/c1-11-3-4-12(9-14(11)16)15(17-2)6-8-18-7-5-13(19)10-18/h3-4,9,13,15,17,19H,5-8,10H2,1-2H3. The first-order chi connectivity index (χ1) is 9.10. The maximum Gasteiger partial charge on any atom is 0.126 e. The molecule has 0 amide bonds.